The predicted octanol–water partition coefficient (Wildman–Crippen LogP) is 5.39. The summed E-state index contributed by atoms with van der Waals surface area (Å²) in [4.78, 5) is 12.6. The summed E-state index contributed by atoms with van der Waals surface area (Å²) in [5, 5.41) is 0. The van der Waals surface area contributed by atoms with Crippen LogP contribution in [0.3, 0.4) is 0 Å². The van der Waals surface area contributed by atoms with Gasteiger partial charge >= 0.3 is 0 Å². The fourth-order valence-electron chi connectivity index (χ4n) is 3.46. The van der Waals surface area contributed by atoms with E-state index in [1.54, 1.807) is 0 Å². The smallest absolute Gasteiger partial charge is 0.169 e. The number of benzene rings is 1. The van der Waals surface area contributed by atoms with Gasteiger partial charge in [-0.25, -0.2) is 0 Å². The van der Waals surface area contributed by atoms with Crippen LogP contribution in [-0.2, 0) is 0 Å². The van der Waals surface area contributed by atoms with E-state index >= 15 is 0 Å². The SMILES string of the molecule is CC1=C(/C=C/c2cccc(C(=O)C(C)(C)CN)c2)C(C)(C)CCC1. The molecule has 0 aliphatic heterocycles. The molecule has 0 saturated carbocycles. The minimum absolute atomic E-state index is 0.105. The first-order valence-corrected chi connectivity index (χ1v) is 8.91. The van der Waals surface area contributed by atoms with Gasteiger partial charge in [0, 0.05) is 17.5 Å². The number of carbonyl (C=O) groups is 1. The van der Waals surface area contributed by atoms with Crippen molar-refractivity contribution in [2.45, 2.75) is 53.9 Å². The van der Waals surface area contributed by atoms with Gasteiger partial charge in [0.2, 0.25) is 0 Å². The van der Waals surface area contributed by atoms with Gasteiger partial charge in [0.1, 0.15) is 0 Å². The molecule has 2 rings (SSSR count). The van der Waals surface area contributed by atoms with Crippen LogP contribution in [0.15, 0.2) is 41.5 Å². The van der Waals surface area contributed by atoms with Crippen molar-refractivity contribution in [2.24, 2.45) is 16.6 Å². The van der Waals surface area contributed by atoms with Gasteiger partial charge in [-0.3, -0.25) is 4.79 Å². The molecule has 1 aliphatic carbocycles. The molecule has 0 fully saturated rings. The van der Waals surface area contributed by atoms with Gasteiger partial charge in [-0.1, -0.05) is 63.6 Å². The first kappa shape index (κ1) is 18.7. The number of rotatable bonds is 5. The lowest BCUT2D eigenvalue weighted by Crippen LogP contribution is -2.32. The van der Waals surface area contributed by atoms with Gasteiger partial charge in [0.05, 0.1) is 0 Å². The molecule has 0 atom stereocenters. The standard InChI is InChI=1S/C22H31NO/c1-16-8-7-13-21(2,3)19(16)12-11-17-9-6-10-18(14-17)20(24)22(4,5)15-23/h6,9-12,14H,7-8,13,15,23H2,1-5H3/b12-11+. The highest BCUT2D eigenvalue weighted by Gasteiger charge is 2.27. The van der Waals surface area contributed by atoms with Crippen LogP contribution in [0, 0.1) is 10.8 Å². The Bertz CT molecular complexity index is 677. The highest BCUT2D eigenvalue weighted by Crippen LogP contribution is 2.41. The molecule has 1 aromatic rings. The minimum atomic E-state index is -0.521. The first-order valence-electron chi connectivity index (χ1n) is 8.91. The number of hydrogen-bond acceptors (Lipinski definition) is 2. The highest BCUT2D eigenvalue weighted by molar-refractivity contribution is 6.00. The minimum Gasteiger partial charge on any atom is -0.329 e. The van der Waals surface area contributed by atoms with E-state index < -0.39 is 5.41 Å². The van der Waals surface area contributed by atoms with Crippen LogP contribution >= 0.6 is 0 Å². The molecule has 0 amide bonds. The Labute approximate surface area is 146 Å². The monoisotopic (exact) mass is 325 g/mol. The quantitative estimate of drug-likeness (QED) is 0.737. The van der Waals surface area contributed by atoms with E-state index in [0.717, 1.165) is 11.1 Å². The molecule has 24 heavy (non-hydrogen) atoms. The molecular weight excluding hydrogens is 294 g/mol. The van der Waals surface area contributed by atoms with Crippen LogP contribution in [0.4, 0.5) is 0 Å². The van der Waals surface area contributed by atoms with Crippen molar-refractivity contribution in [3.8, 4) is 0 Å². The maximum Gasteiger partial charge on any atom is 0.169 e. The molecule has 0 unspecified atom stereocenters. The van der Waals surface area contributed by atoms with Crippen LogP contribution < -0.4 is 5.73 Å². The predicted molar refractivity (Wildman–Crippen MR) is 103 cm³/mol. The van der Waals surface area contributed by atoms with Gasteiger partial charge < -0.3 is 5.73 Å². The molecular formula is C22H31NO. The summed E-state index contributed by atoms with van der Waals surface area (Å²) in [7, 11) is 0. The summed E-state index contributed by atoms with van der Waals surface area (Å²) in [6, 6.07) is 7.86. The maximum atomic E-state index is 12.6. The lowest BCUT2D eigenvalue weighted by molar-refractivity contribution is 0.0847. The summed E-state index contributed by atoms with van der Waals surface area (Å²) in [6.07, 6.45) is 8.07. The van der Waals surface area contributed by atoms with E-state index in [4.69, 9.17) is 5.73 Å². The third kappa shape index (κ3) is 4.05. The molecule has 2 heteroatoms. The zero-order valence-corrected chi connectivity index (χ0v) is 15.8. The topological polar surface area (TPSA) is 43.1 Å². The third-order valence-corrected chi connectivity index (χ3v) is 5.26. The second-order valence-electron chi connectivity index (χ2n) is 8.31. The van der Waals surface area contributed by atoms with Crippen molar-refractivity contribution in [3.05, 3.63) is 52.6 Å². The van der Waals surface area contributed by atoms with Crippen LogP contribution in [0.25, 0.3) is 6.08 Å². The molecule has 2 N–H and O–H groups in total. The van der Waals surface area contributed by atoms with Gasteiger partial charge in [-0.15, -0.1) is 0 Å². The molecule has 0 saturated heterocycles. The second kappa shape index (κ2) is 7.06. The van der Waals surface area contributed by atoms with Crippen molar-refractivity contribution in [2.75, 3.05) is 6.54 Å². The van der Waals surface area contributed by atoms with E-state index in [1.165, 1.54) is 30.4 Å². The Hall–Kier alpha value is -1.67. The molecule has 1 aromatic carbocycles. The summed E-state index contributed by atoms with van der Waals surface area (Å²) in [5.74, 6) is 0.105. The third-order valence-electron chi connectivity index (χ3n) is 5.26. The number of ketones is 1. The van der Waals surface area contributed by atoms with E-state index in [9.17, 15) is 4.79 Å². The Morgan fingerprint density at radius 1 is 1.29 bits per heavy atom. The van der Waals surface area contributed by atoms with E-state index in [2.05, 4.69) is 39.0 Å². The molecule has 0 radical (unpaired) electrons. The second-order valence-corrected chi connectivity index (χ2v) is 8.31. The van der Waals surface area contributed by atoms with Crippen molar-refractivity contribution >= 4 is 11.9 Å². The summed E-state index contributed by atoms with van der Waals surface area (Å²) in [6.45, 7) is 11.0. The molecule has 0 heterocycles. The van der Waals surface area contributed by atoms with E-state index in [1.807, 2.05) is 32.0 Å². The van der Waals surface area contributed by atoms with Crippen LogP contribution in [-0.4, -0.2) is 12.3 Å². The van der Waals surface area contributed by atoms with E-state index in [0.29, 0.717) is 6.54 Å². The van der Waals surface area contributed by atoms with Gasteiger partial charge in [0.25, 0.3) is 0 Å². The summed E-state index contributed by atoms with van der Waals surface area (Å²) in [5.41, 5.74) is 10.2. The molecule has 0 spiro atoms. The summed E-state index contributed by atoms with van der Waals surface area (Å²) < 4.78 is 0. The van der Waals surface area contributed by atoms with Crippen LogP contribution in [0.1, 0.15) is 69.8 Å². The Morgan fingerprint density at radius 3 is 2.62 bits per heavy atom. The lowest BCUT2D eigenvalue weighted by atomic mass is 9.72. The molecule has 1 aliphatic rings. The maximum absolute atomic E-state index is 12.6. The zero-order valence-electron chi connectivity index (χ0n) is 15.8. The number of allylic oxidation sites excluding steroid dienone is 3. The average Bonchev–Trinajstić information content (AvgIpc) is 2.53. The number of Topliss-reactive ketones (excluding diaryl/α,β-unsaturated/α-hetero) is 1. The van der Waals surface area contributed by atoms with E-state index in [-0.39, 0.29) is 11.2 Å². The van der Waals surface area contributed by atoms with Crippen molar-refractivity contribution in [1.29, 1.82) is 0 Å². The number of nitrogens with two attached hydrogens (primary N) is 1. The Kier molecular flexibility index (Phi) is 5.49. The Morgan fingerprint density at radius 2 is 2.00 bits per heavy atom. The van der Waals surface area contributed by atoms with Crippen LogP contribution in [0.2, 0.25) is 0 Å². The van der Waals surface area contributed by atoms with Crippen molar-refractivity contribution < 1.29 is 4.79 Å². The highest BCUT2D eigenvalue weighted by atomic mass is 16.1. The average molecular weight is 325 g/mol. The fraction of sp³-hybridized carbons (Fsp3) is 0.500. The lowest BCUT2D eigenvalue weighted by Gasteiger charge is -2.32. The van der Waals surface area contributed by atoms with Gasteiger partial charge in [0.15, 0.2) is 5.78 Å². The Balaban J connectivity index is 2.29. The van der Waals surface area contributed by atoms with Crippen molar-refractivity contribution in [1.82, 2.24) is 0 Å². The van der Waals surface area contributed by atoms with Crippen molar-refractivity contribution in [3.63, 3.8) is 0 Å². The molecule has 130 valence electrons. The van der Waals surface area contributed by atoms with Gasteiger partial charge in [-0.2, -0.15) is 0 Å². The zero-order chi connectivity index (χ0) is 18.0. The molecule has 0 aromatic heterocycles. The molecule has 2 nitrogen and oxygen atoms in total. The number of hydrogen-bond donors (Lipinski definition) is 1. The first-order chi connectivity index (χ1) is 11.2. The largest absolute Gasteiger partial charge is 0.329 e. The summed E-state index contributed by atoms with van der Waals surface area (Å²) >= 11 is 0. The van der Waals surface area contributed by atoms with Crippen LogP contribution in [0.5, 0.6) is 0 Å². The fourth-order valence-corrected chi connectivity index (χ4v) is 3.46. The number of carbonyl (C=O) groups excluding carboxylic acids is 1. The normalized spacial score (nSPS) is 18.2. The van der Waals surface area contributed by atoms with Gasteiger partial charge in [-0.05, 0) is 48.8 Å². The molecule has 0 bridgehead atoms.